The van der Waals surface area contributed by atoms with Gasteiger partial charge in [-0.3, -0.25) is 4.79 Å². The van der Waals surface area contributed by atoms with Gasteiger partial charge in [0.1, 0.15) is 12.2 Å². The number of hydrogen-bond acceptors (Lipinski definition) is 5. The Labute approximate surface area is 335 Å². The molecule has 6 nitrogen and oxygen atoms in total. The average molecular weight is 762 g/mol. The quantitative estimate of drug-likeness (QED) is 0.0314. The predicted octanol–water partition coefficient (Wildman–Crippen LogP) is 12.5. The first-order valence-corrected chi connectivity index (χ1v) is 23.4. The van der Waals surface area contributed by atoms with E-state index in [-0.39, 0.29) is 0 Å². The summed E-state index contributed by atoms with van der Waals surface area (Å²) in [6.07, 6.45) is 50.8. The molecule has 0 aliphatic carbocycles. The van der Waals surface area contributed by atoms with Crippen LogP contribution in [-0.4, -0.2) is 57.3 Å². The van der Waals surface area contributed by atoms with Crippen LogP contribution < -0.4 is 5.32 Å². The second kappa shape index (κ2) is 42.7. The Balaban J connectivity index is 3.68. The van der Waals surface area contributed by atoms with Crippen molar-refractivity contribution in [3.8, 4) is 0 Å². The zero-order valence-electron chi connectivity index (χ0n) is 35.7. The lowest BCUT2D eigenvalue weighted by molar-refractivity contribution is -0.132. The molecular formula is C48H91NO5. The van der Waals surface area contributed by atoms with E-state index in [9.17, 15) is 25.2 Å². The third-order valence-corrected chi connectivity index (χ3v) is 10.8. The molecule has 4 atom stereocenters. The molecule has 54 heavy (non-hydrogen) atoms. The second-order valence-corrected chi connectivity index (χ2v) is 16.1. The minimum absolute atomic E-state index is 0.358. The van der Waals surface area contributed by atoms with Gasteiger partial charge in [0.15, 0.2) is 0 Å². The van der Waals surface area contributed by atoms with Crippen molar-refractivity contribution in [1.82, 2.24) is 5.32 Å². The normalized spacial score (nSPS) is 14.4. The highest BCUT2D eigenvalue weighted by atomic mass is 16.3. The van der Waals surface area contributed by atoms with Gasteiger partial charge >= 0.3 is 0 Å². The van der Waals surface area contributed by atoms with E-state index >= 15 is 0 Å². The number of unbranched alkanes of at least 4 members (excludes halogenated alkanes) is 27. The second-order valence-electron chi connectivity index (χ2n) is 16.1. The standard InChI is InChI=1S/C48H91NO5/c1-3-5-7-9-11-13-14-15-16-17-18-19-20-21-22-23-24-25-26-27-28-29-30-31-32-33-34-36-37-39-41-45(51)47(53)44(43-50)49-48(54)46(52)42-40-38-35-12-10-8-6-4-2/h26-27,30-31,34,36,44-47,50-53H,3-25,28-29,32-33,35,37-43H2,1-2H3,(H,49,54)/b27-26+,31-30+,36-34+. The van der Waals surface area contributed by atoms with Gasteiger partial charge in [0.25, 0.3) is 0 Å². The molecule has 0 aliphatic rings. The Morgan fingerprint density at radius 1 is 0.444 bits per heavy atom. The molecule has 0 aromatic heterocycles. The first-order valence-electron chi connectivity index (χ1n) is 23.4. The van der Waals surface area contributed by atoms with Gasteiger partial charge in [-0.25, -0.2) is 0 Å². The zero-order valence-corrected chi connectivity index (χ0v) is 35.7. The van der Waals surface area contributed by atoms with Crippen LogP contribution >= 0.6 is 0 Å². The molecule has 1 amide bonds. The molecule has 0 fully saturated rings. The van der Waals surface area contributed by atoms with Crippen LogP contribution in [0.2, 0.25) is 0 Å². The minimum Gasteiger partial charge on any atom is -0.394 e. The fraction of sp³-hybridized carbons (Fsp3) is 0.854. The lowest BCUT2D eigenvalue weighted by atomic mass is 10.00. The summed E-state index contributed by atoms with van der Waals surface area (Å²) >= 11 is 0. The highest BCUT2D eigenvalue weighted by Gasteiger charge is 2.28. The number of nitrogens with one attached hydrogen (secondary N) is 1. The SMILES string of the molecule is CCCCCCCCCCCCCCCCCCC/C=C/CC/C=C/CC/C=C/CCCC(O)C(O)C(CO)NC(=O)C(O)CCCCCCCCCC. The molecule has 0 bridgehead atoms. The van der Waals surface area contributed by atoms with Gasteiger partial charge in [0.05, 0.1) is 18.8 Å². The molecule has 4 unspecified atom stereocenters. The molecular weight excluding hydrogens is 671 g/mol. The van der Waals surface area contributed by atoms with E-state index in [1.165, 1.54) is 148 Å². The van der Waals surface area contributed by atoms with Crippen molar-refractivity contribution in [2.75, 3.05) is 6.61 Å². The van der Waals surface area contributed by atoms with E-state index in [1.54, 1.807) is 0 Å². The topological polar surface area (TPSA) is 110 Å². The first kappa shape index (κ1) is 52.5. The lowest BCUT2D eigenvalue weighted by Crippen LogP contribution is -2.53. The summed E-state index contributed by atoms with van der Waals surface area (Å²) in [5, 5.41) is 43.4. The van der Waals surface area contributed by atoms with Gasteiger partial charge in [-0.15, -0.1) is 0 Å². The van der Waals surface area contributed by atoms with Crippen LogP contribution in [0.5, 0.6) is 0 Å². The van der Waals surface area contributed by atoms with Crippen molar-refractivity contribution in [3.05, 3.63) is 36.5 Å². The molecule has 0 saturated carbocycles. The fourth-order valence-corrected chi connectivity index (χ4v) is 7.08. The van der Waals surface area contributed by atoms with Crippen molar-refractivity contribution in [3.63, 3.8) is 0 Å². The number of carbonyl (C=O) groups is 1. The third-order valence-electron chi connectivity index (χ3n) is 10.8. The van der Waals surface area contributed by atoms with Gasteiger partial charge < -0.3 is 25.7 Å². The maximum absolute atomic E-state index is 12.4. The van der Waals surface area contributed by atoms with E-state index in [4.69, 9.17) is 0 Å². The number of rotatable bonds is 42. The largest absolute Gasteiger partial charge is 0.394 e. The molecule has 0 rings (SSSR count). The van der Waals surface area contributed by atoms with Crippen LogP contribution in [0.1, 0.15) is 232 Å². The van der Waals surface area contributed by atoms with Crippen LogP contribution in [0.15, 0.2) is 36.5 Å². The van der Waals surface area contributed by atoms with Crippen molar-refractivity contribution < 1.29 is 25.2 Å². The van der Waals surface area contributed by atoms with Crippen LogP contribution in [-0.2, 0) is 4.79 Å². The number of aliphatic hydroxyl groups is 4. The fourth-order valence-electron chi connectivity index (χ4n) is 7.08. The molecule has 0 radical (unpaired) electrons. The highest BCUT2D eigenvalue weighted by Crippen LogP contribution is 2.16. The number of carbonyl (C=O) groups excluding carboxylic acids is 1. The Morgan fingerprint density at radius 3 is 1.17 bits per heavy atom. The maximum atomic E-state index is 12.4. The summed E-state index contributed by atoms with van der Waals surface area (Å²) in [6.45, 7) is 3.99. The summed E-state index contributed by atoms with van der Waals surface area (Å²) in [6, 6.07) is -1.01. The van der Waals surface area contributed by atoms with Gasteiger partial charge in [0.2, 0.25) is 5.91 Å². The average Bonchev–Trinajstić information content (AvgIpc) is 3.18. The molecule has 0 saturated heterocycles. The van der Waals surface area contributed by atoms with Gasteiger partial charge in [-0.2, -0.15) is 0 Å². The maximum Gasteiger partial charge on any atom is 0.249 e. The lowest BCUT2D eigenvalue weighted by Gasteiger charge is -2.27. The predicted molar refractivity (Wildman–Crippen MR) is 233 cm³/mol. The van der Waals surface area contributed by atoms with E-state index < -0.39 is 36.9 Å². The number of hydrogen-bond donors (Lipinski definition) is 5. The molecule has 0 aromatic rings. The van der Waals surface area contributed by atoms with Crippen molar-refractivity contribution in [1.29, 1.82) is 0 Å². The summed E-state index contributed by atoms with van der Waals surface area (Å²) in [7, 11) is 0. The van der Waals surface area contributed by atoms with Gasteiger partial charge in [-0.1, -0.05) is 204 Å². The first-order chi connectivity index (χ1) is 26.5. The Bertz CT molecular complexity index is 858. The Kier molecular flexibility index (Phi) is 41.5. The Morgan fingerprint density at radius 2 is 0.778 bits per heavy atom. The summed E-state index contributed by atoms with van der Waals surface area (Å²) in [4.78, 5) is 12.4. The Hall–Kier alpha value is -1.47. The molecule has 6 heteroatoms. The number of allylic oxidation sites excluding steroid dienone is 6. The molecule has 5 N–H and O–H groups in total. The number of amides is 1. The van der Waals surface area contributed by atoms with Crippen LogP contribution in [0.25, 0.3) is 0 Å². The van der Waals surface area contributed by atoms with Crippen molar-refractivity contribution in [2.45, 2.75) is 257 Å². The van der Waals surface area contributed by atoms with E-state index in [0.717, 1.165) is 51.4 Å². The smallest absolute Gasteiger partial charge is 0.249 e. The summed E-state index contributed by atoms with van der Waals surface area (Å²) < 4.78 is 0. The van der Waals surface area contributed by atoms with Crippen LogP contribution in [0.4, 0.5) is 0 Å². The highest BCUT2D eigenvalue weighted by molar-refractivity contribution is 5.80. The minimum atomic E-state index is -1.29. The van der Waals surface area contributed by atoms with Crippen molar-refractivity contribution >= 4 is 5.91 Å². The van der Waals surface area contributed by atoms with Gasteiger partial charge in [0, 0.05) is 0 Å². The van der Waals surface area contributed by atoms with Crippen LogP contribution in [0, 0.1) is 0 Å². The number of aliphatic hydroxyl groups excluding tert-OH is 4. The zero-order chi connectivity index (χ0) is 39.6. The third kappa shape index (κ3) is 36.2. The van der Waals surface area contributed by atoms with E-state index in [2.05, 4.69) is 55.6 Å². The summed E-state index contributed by atoms with van der Waals surface area (Å²) in [5.41, 5.74) is 0. The summed E-state index contributed by atoms with van der Waals surface area (Å²) in [5.74, 6) is -0.604. The monoisotopic (exact) mass is 762 g/mol. The molecule has 318 valence electrons. The molecule has 0 aliphatic heterocycles. The van der Waals surface area contributed by atoms with Gasteiger partial charge in [-0.05, 0) is 64.2 Å². The molecule has 0 heterocycles. The molecule has 0 aromatic carbocycles. The van der Waals surface area contributed by atoms with Crippen LogP contribution in [0.3, 0.4) is 0 Å². The van der Waals surface area contributed by atoms with Crippen molar-refractivity contribution in [2.24, 2.45) is 0 Å². The molecule has 0 spiro atoms. The van der Waals surface area contributed by atoms with E-state index in [1.807, 2.05) is 0 Å². The van der Waals surface area contributed by atoms with E-state index in [0.29, 0.717) is 19.3 Å².